The predicted octanol–water partition coefficient (Wildman–Crippen LogP) is 3.54. The monoisotopic (exact) mass is 449 g/mol. The van der Waals surface area contributed by atoms with E-state index >= 15 is 0 Å². The van der Waals surface area contributed by atoms with Crippen LogP contribution in [0.1, 0.15) is 44.0 Å². The highest BCUT2D eigenvalue weighted by atomic mass is 32.2. The average molecular weight is 450 g/mol. The summed E-state index contributed by atoms with van der Waals surface area (Å²) < 4.78 is 38.5. The molecule has 0 aliphatic heterocycles. The Morgan fingerprint density at radius 2 is 1.65 bits per heavy atom. The second-order valence-electron chi connectivity index (χ2n) is 8.21. The van der Waals surface area contributed by atoms with Gasteiger partial charge in [-0.15, -0.1) is 0 Å². The Morgan fingerprint density at radius 3 is 2.23 bits per heavy atom. The first-order chi connectivity index (χ1) is 14.4. The molecule has 2 aromatic carbocycles. The van der Waals surface area contributed by atoms with E-state index in [-0.39, 0.29) is 31.2 Å². The van der Waals surface area contributed by atoms with Gasteiger partial charge in [-0.25, -0.2) is 12.8 Å². The number of amides is 2. The van der Waals surface area contributed by atoms with Crippen molar-refractivity contribution in [2.24, 2.45) is 0 Å². The van der Waals surface area contributed by atoms with Crippen LogP contribution in [-0.2, 0) is 14.8 Å². The summed E-state index contributed by atoms with van der Waals surface area (Å²) in [6, 6.07) is 11.8. The number of nitrogens with one attached hydrogen (secondary N) is 2. The first-order valence-electron chi connectivity index (χ1n) is 9.81. The van der Waals surface area contributed by atoms with Gasteiger partial charge in [-0.1, -0.05) is 12.1 Å². The fourth-order valence-corrected chi connectivity index (χ4v) is 3.85. The minimum Gasteiger partial charge on any atom is -0.347 e. The zero-order valence-electron chi connectivity index (χ0n) is 18.1. The van der Waals surface area contributed by atoms with Gasteiger partial charge < -0.3 is 10.6 Å². The molecule has 0 unspecified atom stereocenters. The molecule has 7 nitrogen and oxygen atoms in total. The molecule has 2 amide bonds. The van der Waals surface area contributed by atoms with E-state index in [0.717, 1.165) is 10.6 Å². The molecule has 0 heterocycles. The van der Waals surface area contributed by atoms with Gasteiger partial charge in [0.05, 0.1) is 23.2 Å². The molecule has 0 atom stereocenters. The molecule has 0 saturated heterocycles. The van der Waals surface area contributed by atoms with Crippen LogP contribution in [0.15, 0.2) is 48.5 Å². The first kappa shape index (κ1) is 24.3. The van der Waals surface area contributed by atoms with Crippen molar-refractivity contribution in [3.05, 3.63) is 59.9 Å². The van der Waals surface area contributed by atoms with E-state index in [9.17, 15) is 22.4 Å². The van der Waals surface area contributed by atoms with Gasteiger partial charge in [0, 0.05) is 18.5 Å². The number of hydrogen-bond acceptors (Lipinski definition) is 4. The number of anilines is 2. The van der Waals surface area contributed by atoms with Crippen LogP contribution in [0.3, 0.4) is 0 Å². The molecule has 0 aliphatic carbocycles. The summed E-state index contributed by atoms with van der Waals surface area (Å²) in [6.07, 6.45) is 1.34. The second-order valence-corrected chi connectivity index (χ2v) is 10.1. The van der Waals surface area contributed by atoms with Crippen molar-refractivity contribution in [2.75, 3.05) is 22.4 Å². The third-order valence-electron chi connectivity index (χ3n) is 4.21. The van der Waals surface area contributed by atoms with E-state index in [1.165, 1.54) is 24.3 Å². The highest BCUT2D eigenvalue weighted by molar-refractivity contribution is 7.92. The topological polar surface area (TPSA) is 95.6 Å². The van der Waals surface area contributed by atoms with Crippen LogP contribution >= 0.6 is 0 Å². The van der Waals surface area contributed by atoms with Crippen LogP contribution in [0.4, 0.5) is 15.8 Å². The van der Waals surface area contributed by atoms with Gasteiger partial charge in [-0.05, 0) is 63.6 Å². The van der Waals surface area contributed by atoms with Crippen molar-refractivity contribution in [2.45, 2.75) is 39.2 Å². The lowest BCUT2D eigenvalue weighted by Crippen LogP contribution is -2.40. The first-order valence-corrected chi connectivity index (χ1v) is 11.7. The van der Waals surface area contributed by atoms with Crippen LogP contribution in [0.2, 0.25) is 0 Å². The number of hydrogen-bond donors (Lipinski definition) is 2. The summed E-state index contributed by atoms with van der Waals surface area (Å²) in [4.78, 5) is 24.9. The Balaban J connectivity index is 2.02. The van der Waals surface area contributed by atoms with Crippen LogP contribution in [-0.4, -0.2) is 38.6 Å². The molecule has 2 N–H and O–H groups in total. The molecule has 0 aromatic heterocycles. The van der Waals surface area contributed by atoms with Crippen molar-refractivity contribution in [1.29, 1.82) is 0 Å². The van der Waals surface area contributed by atoms with E-state index in [4.69, 9.17) is 0 Å². The van der Waals surface area contributed by atoms with Crippen molar-refractivity contribution in [3.8, 4) is 0 Å². The second kappa shape index (κ2) is 9.91. The third kappa shape index (κ3) is 7.67. The molecule has 2 rings (SSSR count). The normalized spacial score (nSPS) is 11.6. The molecule has 0 radical (unpaired) electrons. The van der Waals surface area contributed by atoms with Crippen molar-refractivity contribution in [1.82, 2.24) is 5.32 Å². The maximum absolute atomic E-state index is 13.1. The molecule has 168 valence electrons. The van der Waals surface area contributed by atoms with Crippen LogP contribution < -0.4 is 14.9 Å². The van der Waals surface area contributed by atoms with E-state index in [1.807, 2.05) is 20.8 Å². The lowest BCUT2D eigenvalue weighted by molar-refractivity contribution is -0.116. The number of carbonyl (C=O) groups excluding carboxylic acids is 2. The number of halogens is 1. The van der Waals surface area contributed by atoms with Gasteiger partial charge in [0.15, 0.2) is 0 Å². The highest BCUT2D eigenvalue weighted by Crippen LogP contribution is 2.20. The number of rotatable bonds is 8. The molecule has 0 aliphatic rings. The summed E-state index contributed by atoms with van der Waals surface area (Å²) >= 11 is 0. The molecule has 0 saturated carbocycles. The predicted molar refractivity (Wildman–Crippen MR) is 120 cm³/mol. The zero-order valence-corrected chi connectivity index (χ0v) is 18.9. The standard InChI is InChI=1S/C22H28FN3O4S/c1-22(2,3)25-21(28)18-8-5-6-9-19(18)24-20(27)10-7-15-26(31(4,29)30)17-13-11-16(23)12-14-17/h5-6,8-9,11-14H,7,10,15H2,1-4H3,(H,24,27)(H,25,28). The molecule has 31 heavy (non-hydrogen) atoms. The summed E-state index contributed by atoms with van der Waals surface area (Å²) in [6.45, 7) is 5.65. The molecule has 9 heteroatoms. The Bertz CT molecular complexity index is 1030. The van der Waals surface area contributed by atoms with Gasteiger partial charge in [-0.2, -0.15) is 0 Å². The summed E-state index contributed by atoms with van der Waals surface area (Å²) in [5.41, 5.74) is 0.625. The average Bonchev–Trinajstić information content (AvgIpc) is 2.64. The number of benzene rings is 2. The summed E-state index contributed by atoms with van der Waals surface area (Å²) in [5, 5.41) is 5.58. The number of para-hydroxylation sites is 1. The van der Waals surface area contributed by atoms with E-state index in [2.05, 4.69) is 10.6 Å². The minimum atomic E-state index is -3.60. The fraction of sp³-hybridized carbons (Fsp3) is 0.364. The van der Waals surface area contributed by atoms with Gasteiger partial charge in [-0.3, -0.25) is 13.9 Å². The van der Waals surface area contributed by atoms with Crippen LogP contribution in [0, 0.1) is 5.82 Å². The highest BCUT2D eigenvalue weighted by Gasteiger charge is 2.20. The van der Waals surface area contributed by atoms with Gasteiger partial charge in [0.1, 0.15) is 5.82 Å². The van der Waals surface area contributed by atoms with E-state index in [0.29, 0.717) is 16.9 Å². The Labute approximate surface area is 182 Å². The largest absolute Gasteiger partial charge is 0.347 e. The summed E-state index contributed by atoms with van der Waals surface area (Å²) in [7, 11) is -3.60. The summed E-state index contributed by atoms with van der Waals surface area (Å²) in [5.74, 6) is -1.11. The lowest BCUT2D eigenvalue weighted by Gasteiger charge is -2.22. The van der Waals surface area contributed by atoms with Crippen molar-refractivity contribution >= 4 is 33.2 Å². The van der Waals surface area contributed by atoms with Crippen LogP contribution in [0.5, 0.6) is 0 Å². The number of sulfonamides is 1. The molecule has 0 fully saturated rings. The maximum atomic E-state index is 13.1. The minimum absolute atomic E-state index is 0.0441. The SMILES string of the molecule is CC(C)(C)NC(=O)c1ccccc1NC(=O)CCCN(c1ccc(F)cc1)S(C)(=O)=O. The van der Waals surface area contributed by atoms with E-state index < -0.39 is 21.4 Å². The van der Waals surface area contributed by atoms with Crippen molar-refractivity contribution < 1.29 is 22.4 Å². The smallest absolute Gasteiger partial charge is 0.253 e. The molecule has 0 bridgehead atoms. The van der Waals surface area contributed by atoms with Gasteiger partial charge in [0.25, 0.3) is 5.91 Å². The molecular formula is C22H28FN3O4S. The van der Waals surface area contributed by atoms with Crippen LogP contribution in [0.25, 0.3) is 0 Å². The Hall–Kier alpha value is -2.94. The molecular weight excluding hydrogens is 421 g/mol. The lowest BCUT2D eigenvalue weighted by atomic mass is 10.1. The number of carbonyl (C=O) groups is 2. The number of nitrogens with zero attached hydrogens (tertiary/aromatic N) is 1. The maximum Gasteiger partial charge on any atom is 0.253 e. The van der Waals surface area contributed by atoms with Gasteiger partial charge in [0.2, 0.25) is 15.9 Å². The Kier molecular flexibility index (Phi) is 7.78. The zero-order chi connectivity index (χ0) is 23.2. The molecule has 2 aromatic rings. The van der Waals surface area contributed by atoms with Crippen molar-refractivity contribution in [3.63, 3.8) is 0 Å². The van der Waals surface area contributed by atoms with Gasteiger partial charge >= 0.3 is 0 Å². The Morgan fingerprint density at radius 1 is 1.03 bits per heavy atom. The fourth-order valence-electron chi connectivity index (χ4n) is 2.89. The van der Waals surface area contributed by atoms with E-state index in [1.54, 1.807) is 24.3 Å². The third-order valence-corrected chi connectivity index (χ3v) is 5.41. The quantitative estimate of drug-likeness (QED) is 0.644. The molecule has 0 spiro atoms.